The third-order valence-corrected chi connectivity index (χ3v) is 4.36. The Hall–Kier alpha value is -2.14. The van der Waals surface area contributed by atoms with E-state index < -0.39 is 5.41 Å². The highest BCUT2D eigenvalue weighted by atomic mass is 32.1. The molecule has 1 N–H and O–H groups in total. The first-order chi connectivity index (χ1) is 10.2. The van der Waals surface area contributed by atoms with Crippen LogP contribution in [0, 0.1) is 5.41 Å². The molecule has 0 aliphatic carbocycles. The number of aromatic hydroxyl groups is 1. The second-order valence-electron chi connectivity index (χ2n) is 6.16. The summed E-state index contributed by atoms with van der Waals surface area (Å²) >= 11 is 1.29. The Morgan fingerprint density at radius 3 is 2.36 bits per heavy atom. The highest BCUT2D eigenvalue weighted by Crippen LogP contribution is 2.14. The molecule has 0 unspecified atom stereocenters. The summed E-state index contributed by atoms with van der Waals surface area (Å²) in [6.07, 6.45) is 3.28. The average Bonchev–Trinajstić information content (AvgIpc) is 2.69. The standard InChI is InChI=1S/C17H19NO3S/c1-17(2,3)14(20)10-15-18(4)16(21)13(22-15)9-11-5-7-12(19)8-6-11/h5-10,19H,1-4H3/b13-9+,15-10+. The van der Waals surface area contributed by atoms with E-state index in [0.717, 1.165) is 5.56 Å². The van der Waals surface area contributed by atoms with Crippen molar-refractivity contribution in [1.29, 1.82) is 0 Å². The molecule has 0 radical (unpaired) electrons. The van der Waals surface area contributed by atoms with E-state index in [9.17, 15) is 14.7 Å². The number of Topliss-reactive ketones (excluding diaryl/α,β-unsaturated/α-hetero) is 1. The van der Waals surface area contributed by atoms with Crippen LogP contribution in [0.1, 0.15) is 26.3 Å². The van der Waals surface area contributed by atoms with E-state index in [1.54, 1.807) is 37.4 Å². The van der Waals surface area contributed by atoms with Crippen molar-refractivity contribution in [2.24, 2.45) is 12.5 Å². The number of nitrogens with zero attached hydrogens (tertiary/aromatic N) is 1. The van der Waals surface area contributed by atoms with Gasteiger partial charge in [-0.1, -0.05) is 32.9 Å². The number of thiazole rings is 1. The summed E-state index contributed by atoms with van der Waals surface area (Å²) in [5.41, 5.74) is 0.220. The summed E-state index contributed by atoms with van der Waals surface area (Å²) in [7, 11) is 1.66. The predicted molar refractivity (Wildman–Crippen MR) is 89.4 cm³/mol. The molecule has 1 aromatic carbocycles. The first-order valence-electron chi connectivity index (χ1n) is 6.91. The van der Waals surface area contributed by atoms with E-state index in [2.05, 4.69) is 0 Å². The molecule has 0 fully saturated rings. The third kappa shape index (κ3) is 3.54. The van der Waals surface area contributed by atoms with E-state index in [1.807, 2.05) is 20.8 Å². The van der Waals surface area contributed by atoms with Crippen LogP contribution in [0.15, 0.2) is 29.1 Å². The smallest absolute Gasteiger partial charge is 0.268 e. The van der Waals surface area contributed by atoms with Crippen LogP contribution >= 0.6 is 11.3 Å². The SMILES string of the molecule is Cn1c(=O)/c(=C\c2ccc(O)cc2)s/c1=C/C(=O)C(C)(C)C. The van der Waals surface area contributed by atoms with Crippen LogP contribution in [0.3, 0.4) is 0 Å². The van der Waals surface area contributed by atoms with E-state index >= 15 is 0 Å². The second kappa shape index (κ2) is 5.93. The molecule has 0 aliphatic rings. The Labute approximate surface area is 132 Å². The van der Waals surface area contributed by atoms with Gasteiger partial charge in [-0.05, 0) is 23.8 Å². The van der Waals surface area contributed by atoms with E-state index in [-0.39, 0.29) is 17.1 Å². The minimum atomic E-state index is -0.471. The summed E-state index contributed by atoms with van der Waals surface area (Å²) in [5.74, 6) is 0.168. The molecule has 0 saturated carbocycles. The number of ketones is 1. The fourth-order valence-electron chi connectivity index (χ4n) is 1.76. The fourth-order valence-corrected chi connectivity index (χ4v) is 2.79. The molecule has 2 rings (SSSR count). The minimum Gasteiger partial charge on any atom is -0.508 e. The van der Waals surface area contributed by atoms with Crippen molar-refractivity contribution in [3.63, 3.8) is 0 Å². The number of aromatic nitrogens is 1. The van der Waals surface area contributed by atoms with Crippen molar-refractivity contribution >= 4 is 29.3 Å². The molecule has 22 heavy (non-hydrogen) atoms. The zero-order chi connectivity index (χ0) is 16.5. The van der Waals surface area contributed by atoms with Crippen LogP contribution in [0.4, 0.5) is 0 Å². The van der Waals surface area contributed by atoms with Gasteiger partial charge in [0.25, 0.3) is 5.56 Å². The Morgan fingerprint density at radius 1 is 1.23 bits per heavy atom. The maximum Gasteiger partial charge on any atom is 0.268 e. The third-order valence-electron chi connectivity index (χ3n) is 3.25. The van der Waals surface area contributed by atoms with Gasteiger partial charge in [-0.2, -0.15) is 0 Å². The van der Waals surface area contributed by atoms with Crippen LogP contribution in [0.25, 0.3) is 12.2 Å². The van der Waals surface area contributed by atoms with Crippen LogP contribution in [-0.2, 0) is 11.8 Å². The number of hydrogen-bond acceptors (Lipinski definition) is 4. The zero-order valence-corrected chi connectivity index (χ0v) is 13.9. The van der Waals surface area contributed by atoms with E-state index in [4.69, 9.17) is 0 Å². The van der Waals surface area contributed by atoms with Gasteiger partial charge in [-0.3, -0.25) is 9.59 Å². The highest BCUT2D eigenvalue weighted by molar-refractivity contribution is 7.07. The van der Waals surface area contributed by atoms with Crippen molar-refractivity contribution < 1.29 is 9.90 Å². The van der Waals surface area contributed by atoms with Gasteiger partial charge >= 0.3 is 0 Å². The number of benzene rings is 1. The molecule has 1 aromatic heterocycles. The summed E-state index contributed by atoms with van der Waals surface area (Å²) in [6.45, 7) is 5.54. The van der Waals surface area contributed by atoms with Crippen LogP contribution < -0.4 is 14.8 Å². The summed E-state index contributed by atoms with van der Waals surface area (Å²) in [5, 5.41) is 9.28. The molecule has 2 aromatic rings. The first kappa shape index (κ1) is 16.2. The Morgan fingerprint density at radius 2 is 1.82 bits per heavy atom. The van der Waals surface area contributed by atoms with Gasteiger partial charge < -0.3 is 9.67 Å². The van der Waals surface area contributed by atoms with Crippen LogP contribution in [0.2, 0.25) is 0 Å². The first-order valence-corrected chi connectivity index (χ1v) is 7.73. The molecule has 4 nitrogen and oxygen atoms in total. The normalized spacial score (nSPS) is 13.6. The molecule has 0 atom stereocenters. The molecule has 0 spiro atoms. The predicted octanol–water partition coefficient (Wildman–Crippen LogP) is 1.38. The maximum absolute atomic E-state index is 12.3. The van der Waals surface area contributed by atoms with Gasteiger partial charge in [-0.15, -0.1) is 11.3 Å². The van der Waals surface area contributed by atoms with Gasteiger partial charge in [0.1, 0.15) is 10.4 Å². The Bertz CT molecular complexity index is 865. The minimum absolute atomic E-state index is 0.0134. The molecule has 116 valence electrons. The fraction of sp³-hybridized carbons (Fsp3) is 0.294. The molecule has 0 saturated heterocycles. The number of phenols is 1. The summed E-state index contributed by atoms with van der Waals surface area (Å²) in [4.78, 5) is 24.4. The quantitative estimate of drug-likeness (QED) is 0.910. The number of rotatable bonds is 2. The molecule has 0 bridgehead atoms. The zero-order valence-electron chi connectivity index (χ0n) is 13.1. The van der Waals surface area contributed by atoms with Crippen molar-refractivity contribution in [3.8, 4) is 5.75 Å². The number of phenolic OH excluding ortho intramolecular Hbond substituents is 1. The largest absolute Gasteiger partial charge is 0.508 e. The van der Waals surface area contributed by atoms with Gasteiger partial charge in [0.15, 0.2) is 5.78 Å². The average molecular weight is 317 g/mol. The van der Waals surface area contributed by atoms with Gasteiger partial charge in [0, 0.05) is 18.5 Å². The van der Waals surface area contributed by atoms with E-state index in [1.165, 1.54) is 22.0 Å². The molecular formula is C17H19NO3S. The van der Waals surface area contributed by atoms with Crippen LogP contribution in [-0.4, -0.2) is 15.5 Å². The number of hydrogen-bond donors (Lipinski definition) is 1. The molecular weight excluding hydrogens is 298 g/mol. The maximum atomic E-state index is 12.3. The highest BCUT2D eigenvalue weighted by Gasteiger charge is 2.19. The number of carbonyl (C=O) groups is 1. The lowest BCUT2D eigenvalue weighted by Crippen LogP contribution is -2.30. The Kier molecular flexibility index (Phi) is 4.37. The second-order valence-corrected chi connectivity index (χ2v) is 7.23. The van der Waals surface area contributed by atoms with Gasteiger partial charge in [0.2, 0.25) is 0 Å². The molecule has 0 aliphatic heterocycles. The van der Waals surface area contributed by atoms with E-state index in [0.29, 0.717) is 9.20 Å². The molecule has 5 heteroatoms. The summed E-state index contributed by atoms with van der Waals surface area (Å²) < 4.78 is 2.68. The Balaban J connectivity index is 2.56. The molecule has 0 amide bonds. The van der Waals surface area contributed by atoms with Crippen molar-refractivity contribution in [3.05, 3.63) is 49.4 Å². The number of carbonyl (C=O) groups excluding carboxylic acids is 1. The van der Waals surface area contributed by atoms with Crippen molar-refractivity contribution in [1.82, 2.24) is 4.57 Å². The molecule has 1 heterocycles. The van der Waals surface area contributed by atoms with Gasteiger partial charge in [-0.25, -0.2) is 0 Å². The van der Waals surface area contributed by atoms with Crippen molar-refractivity contribution in [2.75, 3.05) is 0 Å². The van der Waals surface area contributed by atoms with Crippen LogP contribution in [0.5, 0.6) is 5.75 Å². The lowest BCUT2D eigenvalue weighted by atomic mass is 9.91. The van der Waals surface area contributed by atoms with Gasteiger partial charge in [0.05, 0.1) is 4.53 Å². The topological polar surface area (TPSA) is 59.3 Å². The van der Waals surface area contributed by atoms with Crippen molar-refractivity contribution in [2.45, 2.75) is 20.8 Å². The lowest BCUT2D eigenvalue weighted by molar-refractivity contribution is -0.120. The monoisotopic (exact) mass is 317 g/mol. The lowest BCUT2D eigenvalue weighted by Gasteiger charge is -2.12. The summed E-state index contributed by atoms with van der Waals surface area (Å²) in [6, 6.07) is 6.61.